The van der Waals surface area contributed by atoms with Crippen molar-refractivity contribution in [3.8, 4) is 0 Å². The molecule has 3 atom stereocenters. The van der Waals surface area contributed by atoms with Crippen molar-refractivity contribution in [2.45, 2.75) is 39.3 Å². The molecular weight excluding hydrogens is 394 g/mol. The number of nitrogens with one attached hydrogen (secondary N) is 2. The van der Waals surface area contributed by atoms with Gasteiger partial charge in [0.15, 0.2) is 17.7 Å². The molecule has 2 rings (SSSR count). The lowest BCUT2D eigenvalue weighted by Crippen LogP contribution is -2.47. The highest BCUT2D eigenvalue weighted by molar-refractivity contribution is 5.98. The van der Waals surface area contributed by atoms with Crippen LogP contribution in [0.5, 0.6) is 0 Å². The third-order valence-corrected chi connectivity index (χ3v) is 4.64. The first kappa shape index (κ1) is 23.0. The molecule has 0 bridgehead atoms. The third-order valence-electron chi connectivity index (χ3n) is 4.64. The largest absolute Gasteiger partial charge is 0.451 e. The maximum atomic E-state index is 13.3. The zero-order valence-electron chi connectivity index (χ0n) is 16.9. The summed E-state index contributed by atoms with van der Waals surface area (Å²) in [7, 11) is 0. The Bertz CT molecular complexity index is 905. The Kier molecular flexibility index (Phi) is 8.03. The number of halogens is 2. The van der Waals surface area contributed by atoms with E-state index in [1.165, 1.54) is 13.0 Å². The normalized spacial score (nSPS) is 13.6. The second-order valence-electron chi connectivity index (χ2n) is 6.90. The van der Waals surface area contributed by atoms with Crippen LogP contribution in [0.1, 0.15) is 37.6 Å². The van der Waals surface area contributed by atoms with Gasteiger partial charge in [-0.1, -0.05) is 38.5 Å². The Balaban J connectivity index is 2.03. The molecule has 2 amide bonds. The minimum Gasteiger partial charge on any atom is -0.451 e. The first-order valence-corrected chi connectivity index (χ1v) is 9.55. The van der Waals surface area contributed by atoms with Crippen molar-refractivity contribution in [1.29, 1.82) is 0 Å². The van der Waals surface area contributed by atoms with E-state index in [0.717, 1.165) is 12.1 Å². The average molecular weight is 418 g/mol. The lowest BCUT2D eigenvalue weighted by Gasteiger charge is -2.24. The summed E-state index contributed by atoms with van der Waals surface area (Å²) in [5.41, 5.74) is 0.417. The van der Waals surface area contributed by atoms with Gasteiger partial charge in [-0.25, -0.2) is 13.6 Å². The van der Waals surface area contributed by atoms with Gasteiger partial charge in [0, 0.05) is 17.3 Å². The quantitative estimate of drug-likeness (QED) is 0.641. The van der Waals surface area contributed by atoms with Crippen LogP contribution in [0, 0.1) is 17.6 Å². The molecule has 6 nitrogen and oxygen atoms in total. The van der Waals surface area contributed by atoms with Gasteiger partial charge in [-0.3, -0.25) is 9.59 Å². The predicted octanol–water partition coefficient (Wildman–Crippen LogP) is 3.68. The third kappa shape index (κ3) is 6.10. The van der Waals surface area contributed by atoms with Gasteiger partial charge in [0.2, 0.25) is 0 Å². The Morgan fingerprint density at radius 2 is 1.67 bits per heavy atom. The fourth-order valence-corrected chi connectivity index (χ4v) is 2.60. The van der Waals surface area contributed by atoms with Crippen LogP contribution in [0.4, 0.5) is 14.5 Å². The summed E-state index contributed by atoms with van der Waals surface area (Å²) in [6, 6.07) is 10.3. The standard InChI is InChI=1S/C22H24F2N2O4/c1-4-13(2)19(26-21(28)15-8-6-5-7-9-15)22(29)30-14(3)20(27)25-16-10-11-17(23)18(24)12-16/h5-14,19H,4H2,1-3H3,(H,25,27)(H,26,28)/t13-,14+,19-/m0/s1. The molecule has 0 spiro atoms. The van der Waals surface area contributed by atoms with E-state index in [9.17, 15) is 23.2 Å². The maximum Gasteiger partial charge on any atom is 0.329 e. The van der Waals surface area contributed by atoms with Gasteiger partial charge in [0.25, 0.3) is 11.8 Å². The summed E-state index contributed by atoms with van der Waals surface area (Å²) in [5.74, 6) is -4.31. The van der Waals surface area contributed by atoms with E-state index in [1.54, 1.807) is 37.3 Å². The molecule has 0 unspecified atom stereocenters. The molecule has 0 fully saturated rings. The van der Waals surface area contributed by atoms with Crippen molar-refractivity contribution in [2.24, 2.45) is 5.92 Å². The summed E-state index contributed by atoms with van der Waals surface area (Å²) in [6.45, 7) is 4.99. The number of benzene rings is 2. The van der Waals surface area contributed by atoms with Crippen LogP contribution in [-0.4, -0.2) is 29.9 Å². The molecule has 0 saturated heterocycles. The second-order valence-corrected chi connectivity index (χ2v) is 6.90. The first-order valence-electron chi connectivity index (χ1n) is 9.55. The molecule has 0 saturated carbocycles. The van der Waals surface area contributed by atoms with Crippen LogP contribution in [0.15, 0.2) is 48.5 Å². The molecule has 0 radical (unpaired) electrons. The van der Waals surface area contributed by atoms with Gasteiger partial charge in [-0.15, -0.1) is 0 Å². The van der Waals surface area contributed by atoms with Gasteiger partial charge < -0.3 is 15.4 Å². The molecule has 160 valence electrons. The molecular formula is C22H24F2N2O4. The first-order chi connectivity index (χ1) is 14.2. The van der Waals surface area contributed by atoms with E-state index >= 15 is 0 Å². The highest BCUT2D eigenvalue weighted by atomic mass is 19.2. The van der Waals surface area contributed by atoms with E-state index in [0.29, 0.717) is 12.0 Å². The van der Waals surface area contributed by atoms with Crippen molar-refractivity contribution in [1.82, 2.24) is 5.32 Å². The lowest BCUT2D eigenvalue weighted by molar-refractivity contribution is -0.156. The fourth-order valence-electron chi connectivity index (χ4n) is 2.60. The molecule has 0 heterocycles. The molecule has 2 aromatic rings. The number of carbonyl (C=O) groups is 3. The molecule has 0 aliphatic rings. The summed E-state index contributed by atoms with van der Waals surface area (Å²) in [6.07, 6.45) is -0.629. The molecule has 2 aromatic carbocycles. The maximum absolute atomic E-state index is 13.3. The van der Waals surface area contributed by atoms with Crippen LogP contribution < -0.4 is 10.6 Å². The summed E-state index contributed by atoms with van der Waals surface area (Å²) < 4.78 is 31.5. The van der Waals surface area contributed by atoms with E-state index in [-0.39, 0.29) is 11.6 Å². The Hall–Kier alpha value is -3.29. The van der Waals surface area contributed by atoms with Crippen molar-refractivity contribution in [3.63, 3.8) is 0 Å². The van der Waals surface area contributed by atoms with E-state index < -0.39 is 41.6 Å². The number of hydrogen-bond donors (Lipinski definition) is 2. The Morgan fingerprint density at radius 1 is 1.00 bits per heavy atom. The monoisotopic (exact) mass is 418 g/mol. The smallest absolute Gasteiger partial charge is 0.329 e. The van der Waals surface area contributed by atoms with Crippen molar-refractivity contribution >= 4 is 23.5 Å². The molecule has 0 aliphatic carbocycles. The van der Waals surface area contributed by atoms with Crippen LogP contribution >= 0.6 is 0 Å². The predicted molar refractivity (Wildman–Crippen MR) is 108 cm³/mol. The Morgan fingerprint density at radius 3 is 2.27 bits per heavy atom. The zero-order valence-corrected chi connectivity index (χ0v) is 16.9. The van der Waals surface area contributed by atoms with E-state index in [4.69, 9.17) is 4.74 Å². The van der Waals surface area contributed by atoms with Crippen molar-refractivity contribution in [2.75, 3.05) is 5.32 Å². The van der Waals surface area contributed by atoms with Crippen LogP contribution in [0.2, 0.25) is 0 Å². The molecule has 2 N–H and O–H groups in total. The summed E-state index contributed by atoms with van der Waals surface area (Å²) in [5, 5.41) is 5.01. The number of carbonyl (C=O) groups excluding carboxylic acids is 3. The minimum absolute atomic E-state index is 0.0256. The molecule has 30 heavy (non-hydrogen) atoms. The van der Waals surface area contributed by atoms with Crippen molar-refractivity contribution in [3.05, 3.63) is 65.7 Å². The molecule has 0 aliphatic heterocycles. The van der Waals surface area contributed by atoms with Crippen LogP contribution in [0.3, 0.4) is 0 Å². The minimum atomic E-state index is -1.22. The van der Waals surface area contributed by atoms with Gasteiger partial charge in [0.05, 0.1) is 0 Å². The van der Waals surface area contributed by atoms with Crippen molar-refractivity contribution < 1.29 is 27.9 Å². The molecule has 0 aromatic heterocycles. The van der Waals surface area contributed by atoms with E-state index in [2.05, 4.69) is 10.6 Å². The highest BCUT2D eigenvalue weighted by Crippen LogP contribution is 2.15. The van der Waals surface area contributed by atoms with Crippen LogP contribution in [0.25, 0.3) is 0 Å². The zero-order chi connectivity index (χ0) is 22.3. The average Bonchev–Trinajstić information content (AvgIpc) is 2.74. The topological polar surface area (TPSA) is 84.5 Å². The number of ether oxygens (including phenoxy) is 1. The van der Waals surface area contributed by atoms with Gasteiger partial charge in [0.1, 0.15) is 6.04 Å². The van der Waals surface area contributed by atoms with E-state index in [1.807, 2.05) is 6.92 Å². The van der Waals surface area contributed by atoms with Crippen LogP contribution in [-0.2, 0) is 14.3 Å². The van der Waals surface area contributed by atoms with Gasteiger partial charge >= 0.3 is 5.97 Å². The number of esters is 1. The fraction of sp³-hybridized carbons (Fsp3) is 0.318. The summed E-state index contributed by atoms with van der Waals surface area (Å²) >= 11 is 0. The SMILES string of the molecule is CC[C@H](C)[C@H](NC(=O)c1ccccc1)C(=O)O[C@H](C)C(=O)Nc1ccc(F)c(F)c1. The summed E-state index contributed by atoms with van der Waals surface area (Å²) in [4.78, 5) is 37.3. The number of rotatable bonds is 8. The van der Waals surface area contributed by atoms with Gasteiger partial charge in [-0.2, -0.15) is 0 Å². The highest BCUT2D eigenvalue weighted by Gasteiger charge is 2.30. The second kappa shape index (κ2) is 10.5. The number of hydrogen-bond acceptors (Lipinski definition) is 4. The lowest BCUT2D eigenvalue weighted by atomic mass is 9.98. The Labute approximate surface area is 173 Å². The number of anilines is 1. The van der Waals surface area contributed by atoms with Gasteiger partial charge in [-0.05, 0) is 37.1 Å². The number of amides is 2. The molecule has 8 heteroatoms.